The van der Waals surface area contributed by atoms with E-state index in [-0.39, 0.29) is 11.9 Å². The molecule has 2 aromatic rings. The van der Waals surface area contributed by atoms with Crippen LogP contribution in [-0.2, 0) is 29.2 Å². The summed E-state index contributed by atoms with van der Waals surface area (Å²) < 4.78 is 9.74. The van der Waals surface area contributed by atoms with Gasteiger partial charge in [0.25, 0.3) is 0 Å². The van der Waals surface area contributed by atoms with Crippen LogP contribution in [0.4, 0.5) is 0 Å². The minimum Gasteiger partial charge on any atom is -0.379 e. The zero-order valence-corrected chi connectivity index (χ0v) is 15.2. The fourth-order valence-corrected chi connectivity index (χ4v) is 3.92. The molecule has 1 amide bonds. The van der Waals surface area contributed by atoms with Gasteiger partial charge < -0.3 is 14.2 Å². The van der Waals surface area contributed by atoms with E-state index in [1.807, 2.05) is 29.6 Å². The first-order valence-corrected chi connectivity index (χ1v) is 9.30. The highest BCUT2D eigenvalue weighted by atomic mass is 16.5. The number of fused-ring (bicyclic) bond motifs is 3. The largest absolute Gasteiger partial charge is 0.379 e. The Bertz CT molecular complexity index is 728. The number of amides is 1. The number of carbonyl (C=O) groups excluding carboxylic acids is 1. The van der Waals surface area contributed by atoms with Gasteiger partial charge in [0, 0.05) is 56.9 Å². The van der Waals surface area contributed by atoms with E-state index in [4.69, 9.17) is 4.74 Å². The van der Waals surface area contributed by atoms with Crippen molar-refractivity contribution >= 4 is 5.91 Å². The lowest BCUT2D eigenvalue weighted by Crippen LogP contribution is -2.46. The average molecular weight is 358 g/mol. The van der Waals surface area contributed by atoms with Crippen LogP contribution in [0.2, 0.25) is 0 Å². The molecule has 2 saturated heterocycles. The van der Waals surface area contributed by atoms with Gasteiger partial charge in [-0.3, -0.25) is 14.4 Å². The van der Waals surface area contributed by atoms with E-state index in [1.165, 1.54) is 0 Å². The standard InChI is InChI=1S/C18H26N6O2/c1-2-21-7-5-19-17(21)11-22-8-15-9-23(10-16(22)14-26-13-15)18(25)12-24-6-3-4-20-24/h3-7,15-16H,2,8-14H2,1H3/t15-,16+/m1/s1. The highest BCUT2D eigenvalue weighted by Crippen LogP contribution is 2.22. The zero-order chi connectivity index (χ0) is 17.9. The molecule has 0 spiro atoms. The lowest BCUT2D eigenvalue weighted by molar-refractivity contribution is -0.134. The molecule has 0 aromatic carbocycles. The van der Waals surface area contributed by atoms with Crippen LogP contribution in [-0.4, -0.2) is 73.9 Å². The summed E-state index contributed by atoms with van der Waals surface area (Å²) in [6, 6.07) is 2.04. The Morgan fingerprint density at radius 3 is 2.96 bits per heavy atom. The normalized spacial score (nSPS) is 23.8. The first kappa shape index (κ1) is 17.2. The van der Waals surface area contributed by atoms with Gasteiger partial charge in [-0.05, 0) is 13.0 Å². The summed E-state index contributed by atoms with van der Waals surface area (Å²) in [5, 5.41) is 4.15. The summed E-state index contributed by atoms with van der Waals surface area (Å²) in [5.41, 5.74) is 0. The van der Waals surface area contributed by atoms with Gasteiger partial charge in [-0.2, -0.15) is 5.10 Å². The number of ether oxygens (including phenoxy) is 1. The molecule has 2 aromatic heterocycles. The van der Waals surface area contributed by atoms with Gasteiger partial charge in [-0.1, -0.05) is 0 Å². The van der Waals surface area contributed by atoms with E-state index < -0.39 is 0 Å². The zero-order valence-electron chi connectivity index (χ0n) is 15.2. The van der Waals surface area contributed by atoms with Crippen molar-refractivity contribution in [3.63, 3.8) is 0 Å². The number of imidazole rings is 1. The average Bonchev–Trinajstić information content (AvgIpc) is 3.20. The third kappa shape index (κ3) is 3.66. The maximum atomic E-state index is 12.8. The molecule has 0 radical (unpaired) electrons. The van der Waals surface area contributed by atoms with Gasteiger partial charge in [-0.25, -0.2) is 4.98 Å². The Balaban J connectivity index is 1.47. The van der Waals surface area contributed by atoms with Crippen LogP contribution >= 0.6 is 0 Å². The predicted molar refractivity (Wildman–Crippen MR) is 95.2 cm³/mol. The molecule has 2 fully saturated rings. The molecule has 4 heterocycles. The molecule has 0 saturated carbocycles. The molecular weight excluding hydrogens is 332 g/mol. The van der Waals surface area contributed by atoms with Gasteiger partial charge in [0.15, 0.2) is 0 Å². The summed E-state index contributed by atoms with van der Waals surface area (Å²) in [4.78, 5) is 21.7. The monoisotopic (exact) mass is 358 g/mol. The molecular formula is C18H26N6O2. The maximum Gasteiger partial charge on any atom is 0.244 e. The van der Waals surface area contributed by atoms with Crippen LogP contribution in [0.25, 0.3) is 0 Å². The topological polar surface area (TPSA) is 68.4 Å². The Morgan fingerprint density at radius 2 is 2.15 bits per heavy atom. The quantitative estimate of drug-likeness (QED) is 0.777. The molecule has 2 atom stereocenters. The van der Waals surface area contributed by atoms with Crippen LogP contribution in [0.1, 0.15) is 12.7 Å². The highest BCUT2D eigenvalue weighted by molar-refractivity contribution is 5.76. The molecule has 2 aliphatic rings. The summed E-state index contributed by atoms with van der Waals surface area (Å²) in [6.45, 7) is 7.90. The van der Waals surface area contributed by atoms with Crippen LogP contribution < -0.4 is 0 Å². The molecule has 2 aliphatic heterocycles. The van der Waals surface area contributed by atoms with Crippen molar-refractivity contribution in [1.29, 1.82) is 0 Å². The van der Waals surface area contributed by atoms with Crippen LogP contribution in [0.5, 0.6) is 0 Å². The number of rotatable bonds is 5. The number of aryl methyl sites for hydroxylation is 1. The molecule has 0 unspecified atom stereocenters. The van der Waals surface area contributed by atoms with Crippen molar-refractivity contribution < 1.29 is 9.53 Å². The molecule has 0 N–H and O–H groups in total. The third-order valence-corrected chi connectivity index (χ3v) is 5.28. The second-order valence-corrected chi connectivity index (χ2v) is 7.12. The molecule has 26 heavy (non-hydrogen) atoms. The Morgan fingerprint density at radius 1 is 1.23 bits per heavy atom. The predicted octanol–water partition coefficient (Wildman–Crippen LogP) is 0.459. The fourth-order valence-electron chi connectivity index (χ4n) is 3.92. The Hall–Kier alpha value is -2.19. The van der Waals surface area contributed by atoms with Crippen LogP contribution in [0.15, 0.2) is 30.9 Å². The van der Waals surface area contributed by atoms with Gasteiger partial charge in [0.2, 0.25) is 5.91 Å². The molecule has 0 aliphatic carbocycles. The number of hydrogen-bond acceptors (Lipinski definition) is 5. The van der Waals surface area contributed by atoms with E-state index >= 15 is 0 Å². The van der Waals surface area contributed by atoms with E-state index in [2.05, 4.69) is 26.5 Å². The van der Waals surface area contributed by atoms with Crippen LogP contribution in [0.3, 0.4) is 0 Å². The van der Waals surface area contributed by atoms with Crippen molar-refractivity contribution in [3.8, 4) is 0 Å². The molecule has 140 valence electrons. The van der Waals surface area contributed by atoms with E-state index in [1.54, 1.807) is 10.9 Å². The number of hydrogen-bond donors (Lipinski definition) is 0. The number of aromatic nitrogens is 4. The molecule has 8 heteroatoms. The van der Waals surface area contributed by atoms with E-state index in [0.29, 0.717) is 32.2 Å². The van der Waals surface area contributed by atoms with Gasteiger partial charge >= 0.3 is 0 Å². The lowest BCUT2D eigenvalue weighted by Gasteiger charge is -2.31. The minimum absolute atomic E-state index is 0.127. The summed E-state index contributed by atoms with van der Waals surface area (Å²) in [7, 11) is 0. The van der Waals surface area contributed by atoms with Gasteiger partial charge in [0.1, 0.15) is 12.4 Å². The Labute approximate surface area is 153 Å². The summed E-state index contributed by atoms with van der Waals surface area (Å²) >= 11 is 0. The van der Waals surface area contributed by atoms with Crippen molar-refractivity contribution in [2.24, 2.45) is 5.92 Å². The van der Waals surface area contributed by atoms with Crippen molar-refractivity contribution in [1.82, 2.24) is 29.1 Å². The number of carbonyl (C=O) groups is 1. The molecule has 8 nitrogen and oxygen atoms in total. The van der Waals surface area contributed by atoms with Gasteiger partial charge in [-0.15, -0.1) is 0 Å². The van der Waals surface area contributed by atoms with E-state index in [9.17, 15) is 4.79 Å². The highest BCUT2D eigenvalue weighted by Gasteiger charge is 2.35. The Kier molecular flexibility index (Phi) is 5.03. The molecule has 4 rings (SSSR count). The summed E-state index contributed by atoms with van der Waals surface area (Å²) in [5.74, 6) is 1.53. The second kappa shape index (κ2) is 7.59. The fraction of sp³-hybridized carbons (Fsp3) is 0.611. The second-order valence-electron chi connectivity index (χ2n) is 7.12. The van der Waals surface area contributed by atoms with Crippen LogP contribution in [0, 0.1) is 5.92 Å². The lowest BCUT2D eigenvalue weighted by atomic mass is 10.1. The summed E-state index contributed by atoms with van der Waals surface area (Å²) in [6.07, 6.45) is 7.42. The third-order valence-electron chi connectivity index (χ3n) is 5.28. The van der Waals surface area contributed by atoms with E-state index in [0.717, 1.165) is 32.0 Å². The number of nitrogens with zero attached hydrogens (tertiary/aromatic N) is 6. The van der Waals surface area contributed by atoms with Crippen molar-refractivity contribution in [2.75, 3.05) is 32.8 Å². The maximum absolute atomic E-state index is 12.8. The smallest absolute Gasteiger partial charge is 0.244 e. The van der Waals surface area contributed by atoms with Crippen molar-refractivity contribution in [2.45, 2.75) is 32.6 Å². The van der Waals surface area contributed by atoms with Crippen molar-refractivity contribution in [3.05, 3.63) is 36.7 Å². The SMILES string of the molecule is CCn1ccnc1CN1C[C@H]2COC[C@@H]1CN(C(=O)Cn1cccn1)C2. The first-order chi connectivity index (χ1) is 12.7. The minimum atomic E-state index is 0.127. The van der Waals surface area contributed by atoms with Gasteiger partial charge in [0.05, 0.1) is 25.8 Å². The molecule has 2 bridgehead atoms. The first-order valence-electron chi connectivity index (χ1n) is 9.30.